The molecule has 0 unspecified atom stereocenters. The molecule has 1 heterocycles. The summed E-state index contributed by atoms with van der Waals surface area (Å²) in [6, 6.07) is 64.8. The number of hydrogen-bond acceptors (Lipinski definition) is 3. The van der Waals surface area contributed by atoms with E-state index < -0.39 is 0 Å². The molecule has 1 aliphatic rings. The average molecular weight is 674 g/mol. The molecule has 10 rings (SSSR count). The predicted octanol–water partition coefficient (Wildman–Crippen LogP) is 13.4. The minimum atomic E-state index is 0.626. The lowest BCUT2D eigenvalue weighted by Crippen LogP contribution is -2.10. The maximum absolute atomic E-state index is 9.47. The van der Waals surface area contributed by atoms with Crippen LogP contribution in [0.4, 0.5) is 17.1 Å². The monoisotopic (exact) mass is 673 g/mol. The number of hydrogen-bond donors (Lipinski definition) is 0. The molecule has 0 aliphatic heterocycles. The molecule has 3 heteroatoms. The van der Waals surface area contributed by atoms with E-state index in [-0.39, 0.29) is 0 Å². The maximum Gasteiger partial charge on any atom is 0.0991 e. The summed E-state index contributed by atoms with van der Waals surface area (Å²) in [6.45, 7) is 0. The number of nitriles is 1. The van der Waals surface area contributed by atoms with E-state index in [1.54, 1.807) is 6.20 Å². The van der Waals surface area contributed by atoms with Gasteiger partial charge < -0.3 is 4.90 Å². The van der Waals surface area contributed by atoms with E-state index in [9.17, 15) is 5.26 Å². The Morgan fingerprint density at radius 3 is 1.62 bits per heavy atom. The number of benzene rings is 8. The van der Waals surface area contributed by atoms with Crippen LogP contribution in [0.2, 0.25) is 0 Å². The molecule has 0 saturated heterocycles. The highest BCUT2D eigenvalue weighted by atomic mass is 15.1. The third kappa shape index (κ3) is 4.93. The Kier molecular flexibility index (Phi) is 7.20. The SMILES string of the molecule is N#Cc1ccc(N(c2cccnc2)c2cccc(-c3ccc4c5c(cccc35)-c3c-4c(-c4ccccc4)c4ccccc4c3-c3ccccc3)c2)cc1. The fraction of sp³-hybridized carbons (Fsp3) is 0. The second-order valence-electron chi connectivity index (χ2n) is 13.4. The molecule has 53 heavy (non-hydrogen) atoms. The number of rotatable bonds is 6. The van der Waals surface area contributed by atoms with Crippen LogP contribution in [0.15, 0.2) is 188 Å². The summed E-state index contributed by atoms with van der Waals surface area (Å²) in [4.78, 5) is 6.63. The van der Waals surface area contributed by atoms with Crippen LogP contribution in [0.25, 0.3) is 77.2 Å². The molecule has 9 aromatic rings. The molecular weight excluding hydrogens is 643 g/mol. The van der Waals surface area contributed by atoms with Crippen molar-refractivity contribution in [2.45, 2.75) is 0 Å². The molecule has 0 atom stereocenters. The van der Waals surface area contributed by atoms with Crippen LogP contribution < -0.4 is 4.90 Å². The number of anilines is 3. The normalized spacial score (nSPS) is 11.4. The Labute approximate surface area is 308 Å². The van der Waals surface area contributed by atoms with Gasteiger partial charge in [0, 0.05) is 17.6 Å². The topological polar surface area (TPSA) is 39.9 Å². The smallest absolute Gasteiger partial charge is 0.0991 e. The quantitative estimate of drug-likeness (QED) is 0.176. The van der Waals surface area contributed by atoms with Crippen LogP contribution in [0.5, 0.6) is 0 Å². The molecule has 246 valence electrons. The van der Waals surface area contributed by atoms with Crippen molar-refractivity contribution in [3.8, 4) is 61.7 Å². The van der Waals surface area contributed by atoms with Gasteiger partial charge in [-0.05, 0) is 126 Å². The van der Waals surface area contributed by atoms with Gasteiger partial charge in [-0.3, -0.25) is 4.98 Å². The summed E-state index contributed by atoms with van der Waals surface area (Å²) >= 11 is 0. The van der Waals surface area contributed by atoms with Crippen molar-refractivity contribution in [1.82, 2.24) is 4.98 Å². The summed E-state index contributed by atoms with van der Waals surface area (Å²) in [5.74, 6) is 0. The first-order valence-corrected chi connectivity index (χ1v) is 17.9. The van der Waals surface area contributed by atoms with Gasteiger partial charge in [0.15, 0.2) is 0 Å². The first-order chi connectivity index (χ1) is 26.3. The molecular formula is C50H31N3. The highest BCUT2D eigenvalue weighted by molar-refractivity contribution is 6.28. The van der Waals surface area contributed by atoms with E-state index in [0.717, 1.165) is 22.6 Å². The largest absolute Gasteiger partial charge is 0.309 e. The van der Waals surface area contributed by atoms with E-state index in [2.05, 4.69) is 162 Å². The van der Waals surface area contributed by atoms with E-state index in [0.29, 0.717) is 5.56 Å². The van der Waals surface area contributed by atoms with Crippen LogP contribution in [0.3, 0.4) is 0 Å². The van der Waals surface area contributed by atoms with Crippen molar-refractivity contribution >= 4 is 38.6 Å². The third-order valence-corrected chi connectivity index (χ3v) is 10.5. The molecule has 0 fully saturated rings. The van der Waals surface area contributed by atoms with Crippen molar-refractivity contribution in [3.05, 3.63) is 194 Å². The molecule has 1 aliphatic carbocycles. The molecule has 0 amide bonds. The van der Waals surface area contributed by atoms with E-state index in [4.69, 9.17) is 0 Å². The van der Waals surface area contributed by atoms with E-state index >= 15 is 0 Å². The van der Waals surface area contributed by atoms with E-state index in [1.807, 2.05) is 36.5 Å². The molecule has 0 spiro atoms. The minimum absolute atomic E-state index is 0.626. The van der Waals surface area contributed by atoms with Crippen molar-refractivity contribution in [1.29, 1.82) is 5.26 Å². The summed E-state index contributed by atoms with van der Waals surface area (Å²) in [7, 11) is 0. The summed E-state index contributed by atoms with van der Waals surface area (Å²) in [5.41, 5.74) is 16.0. The van der Waals surface area contributed by atoms with Crippen molar-refractivity contribution < 1.29 is 0 Å². The highest BCUT2D eigenvalue weighted by Crippen LogP contribution is 2.58. The van der Waals surface area contributed by atoms with Gasteiger partial charge in [0.25, 0.3) is 0 Å². The number of fused-ring (bicyclic) bond motifs is 4. The van der Waals surface area contributed by atoms with Gasteiger partial charge in [0.1, 0.15) is 0 Å². The Bertz CT molecular complexity index is 2780. The van der Waals surface area contributed by atoms with Gasteiger partial charge in [-0.25, -0.2) is 0 Å². The van der Waals surface area contributed by atoms with Crippen LogP contribution in [-0.4, -0.2) is 4.98 Å². The lowest BCUT2D eigenvalue weighted by molar-refractivity contribution is 1.23. The first kappa shape index (κ1) is 30.5. The Morgan fingerprint density at radius 2 is 0.981 bits per heavy atom. The molecule has 0 N–H and O–H groups in total. The van der Waals surface area contributed by atoms with E-state index in [1.165, 1.54) is 71.6 Å². The fourth-order valence-electron chi connectivity index (χ4n) is 8.29. The van der Waals surface area contributed by atoms with Gasteiger partial charge in [0.2, 0.25) is 0 Å². The second kappa shape index (κ2) is 12.5. The summed E-state index contributed by atoms with van der Waals surface area (Å²) in [6.07, 6.45) is 3.66. The zero-order chi connectivity index (χ0) is 35.3. The second-order valence-corrected chi connectivity index (χ2v) is 13.4. The lowest BCUT2D eigenvalue weighted by atomic mass is 9.82. The van der Waals surface area contributed by atoms with Crippen molar-refractivity contribution in [3.63, 3.8) is 0 Å². The number of aromatic nitrogens is 1. The molecule has 8 aromatic carbocycles. The predicted molar refractivity (Wildman–Crippen MR) is 219 cm³/mol. The standard InChI is InChI=1S/C50H31N3/c51-31-33-23-25-37(26-24-33)53(39-18-11-29-52-32-39)38-17-9-16-36(30-38)40-27-28-45-48-41(40)21-10-22-44(48)49-46(34-12-3-1-4-13-34)42-19-7-8-20-43(42)47(50(45)49)35-14-5-2-6-15-35/h1-30,32H. The fourth-order valence-corrected chi connectivity index (χ4v) is 8.29. The van der Waals surface area contributed by atoms with Crippen LogP contribution in [0.1, 0.15) is 5.56 Å². The Balaban J connectivity index is 1.22. The maximum atomic E-state index is 9.47. The van der Waals surface area contributed by atoms with Gasteiger partial charge >= 0.3 is 0 Å². The van der Waals surface area contributed by atoms with Gasteiger partial charge in [0.05, 0.1) is 23.5 Å². The molecule has 0 saturated carbocycles. The van der Waals surface area contributed by atoms with Gasteiger partial charge in [-0.2, -0.15) is 5.26 Å². The van der Waals surface area contributed by atoms with Crippen molar-refractivity contribution in [2.24, 2.45) is 0 Å². The third-order valence-electron chi connectivity index (χ3n) is 10.5. The summed E-state index contributed by atoms with van der Waals surface area (Å²) in [5, 5.41) is 14.5. The van der Waals surface area contributed by atoms with Gasteiger partial charge in [-0.1, -0.05) is 127 Å². The average Bonchev–Trinajstić information content (AvgIpc) is 3.56. The molecule has 0 bridgehead atoms. The van der Waals surface area contributed by atoms with Crippen LogP contribution >= 0.6 is 0 Å². The van der Waals surface area contributed by atoms with Crippen LogP contribution in [0, 0.1) is 11.3 Å². The number of nitrogens with zero attached hydrogens (tertiary/aromatic N) is 3. The van der Waals surface area contributed by atoms with Crippen LogP contribution in [-0.2, 0) is 0 Å². The Morgan fingerprint density at radius 1 is 0.415 bits per heavy atom. The molecule has 0 radical (unpaired) electrons. The highest BCUT2D eigenvalue weighted by Gasteiger charge is 2.31. The molecule has 3 nitrogen and oxygen atoms in total. The molecule has 1 aromatic heterocycles. The zero-order valence-corrected chi connectivity index (χ0v) is 28.7. The lowest BCUT2D eigenvalue weighted by Gasteiger charge is -2.25. The zero-order valence-electron chi connectivity index (χ0n) is 28.7. The first-order valence-electron chi connectivity index (χ1n) is 17.9. The summed E-state index contributed by atoms with van der Waals surface area (Å²) < 4.78 is 0. The van der Waals surface area contributed by atoms with Crippen molar-refractivity contribution in [2.75, 3.05) is 4.90 Å². The van der Waals surface area contributed by atoms with Gasteiger partial charge in [-0.15, -0.1) is 0 Å². The minimum Gasteiger partial charge on any atom is -0.309 e. The number of pyridine rings is 1. The Hall–Kier alpha value is -7.28.